The molecule has 0 amide bonds. The molecule has 0 aliphatic carbocycles. The average molecular weight is 210 g/mol. The Morgan fingerprint density at radius 2 is 2.43 bits per heavy atom. The van der Waals surface area contributed by atoms with Crippen LogP contribution in [0.15, 0.2) is 18.3 Å². The summed E-state index contributed by atoms with van der Waals surface area (Å²) in [6, 6.07) is 1.83. The van der Waals surface area contributed by atoms with Gasteiger partial charge >= 0.3 is 0 Å². The first-order valence-electron chi connectivity index (χ1n) is 4.35. The molecule has 4 heteroatoms. The van der Waals surface area contributed by atoms with Crippen molar-refractivity contribution in [1.29, 1.82) is 0 Å². The zero-order valence-electron chi connectivity index (χ0n) is 8.10. The smallest absolute Gasteiger partial charge is 0.220 e. The van der Waals surface area contributed by atoms with Gasteiger partial charge in [0.2, 0.25) is 5.88 Å². The lowest BCUT2D eigenvalue weighted by atomic mass is 10.2. The van der Waals surface area contributed by atoms with Crippen molar-refractivity contribution in [2.24, 2.45) is 0 Å². The van der Waals surface area contributed by atoms with Crippen molar-refractivity contribution in [2.75, 3.05) is 18.6 Å². The molecule has 2 N–H and O–H groups in total. The summed E-state index contributed by atoms with van der Waals surface area (Å²) in [6.07, 6.45) is 6.46. The molecule has 14 heavy (non-hydrogen) atoms. The lowest BCUT2D eigenvalue weighted by molar-refractivity contribution is 0.397. The molecular formula is C10H14N2OS. The molecule has 0 atom stereocenters. The van der Waals surface area contributed by atoms with Crippen LogP contribution >= 0.6 is 12.6 Å². The maximum atomic E-state index is 5.62. The molecule has 0 radical (unpaired) electrons. The van der Waals surface area contributed by atoms with E-state index < -0.39 is 0 Å². The number of pyridine rings is 1. The van der Waals surface area contributed by atoms with Gasteiger partial charge in [0.15, 0.2) is 0 Å². The van der Waals surface area contributed by atoms with Crippen molar-refractivity contribution >= 4 is 24.4 Å². The topological polar surface area (TPSA) is 48.1 Å². The molecule has 1 heterocycles. The number of rotatable bonds is 4. The summed E-state index contributed by atoms with van der Waals surface area (Å²) in [5.74, 6) is 1.42. The van der Waals surface area contributed by atoms with Crippen LogP contribution in [0.4, 0.5) is 5.69 Å². The van der Waals surface area contributed by atoms with E-state index in [9.17, 15) is 0 Å². The van der Waals surface area contributed by atoms with Crippen molar-refractivity contribution in [3.63, 3.8) is 0 Å². The van der Waals surface area contributed by atoms with Gasteiger partial charge in [-0.15, -0.1) is 0 Å². The molecule has 0 aliphatic heterocycles. The molecule has 1 rings (SSSR count). The Morgan fingerprint density at radius 1 is 1.64 bits per heavy atom. The van der Waals surface area contributed by atoms with Crippen molar-refractivity contribution < 1.29 is 4.74 Å². The maximum absolute atomic E-state index is 5.62. The van der Waals surface area contributed by atoms with Crippen LogP contribution in [0.1, 0.15) is 12.0 Å². The molecule has 0 saturated heterocycles. The molecular weight excluding hydrogens is 196 g/mol. The van der Waals surface area contributed by atoms with E-state index >= 15 is 0 Å². The fraction of sp³-hybridized carbons (Fsp3) is 0.300. The molecule has 1 aromatic heterocycles. The fourth-order valence-electron chi connectivity index (χ4n) is 1.06. The molecule has 0 fully saturated rings. The average Bonchev–Trinajstić information content (AvgIpc) is 2.19. The third-order valence-electron chi connectivity index (χ3n) is 1.69. The Kier molecular flexibility index (Phi) is 4.32. The number of anilines is 1. The SMILES string of the molecule is COc1ncc(N)cc1C=CCCS. The summed E-state index contributed by atoms with van der Waals surface area (Å²) < 4.78 is 5.09. The van der Waals surface area contributed by atoms with Crippen LogP contribution in [-0.4, -0.2) is 17.8 Å². The molecule has 3 nitrogen and oxygen atoms in total. The number of aromatic nitrogens is 1. The van der Waals surface area contributed by atoms with E-state index in [-0.39, 0.29) is 0 Å². The van der Waals surface area contributed by atoms with Gasteiger partial charge in [-0.25, -0.2) is 4.98 Å². The lowest BCUT2D eigenvalue weighted by Gasteiger charge is -2.03. The molecule has 0 aromatic carbocycles. The molecule has 1 aromatic rings. The second kappa shape index (κ2) is 5.54. The van der Waals surface area contributed by atoms with Gasteiger partial charge in [0, 0.05) is 5.56 Å². The number of hydrogen-bond donors (Lipinski definition) is 2. The van der Waals surface area contributed by atoms with E-state index in [4.69, 9.17) is 10.5 Å². The van der Waals surface area contributed by atoms with E-state index in [2.05, 4.69) is 17.6 Å². The van der Waals surface area contributed by atoms with Crippen molar-refractivity contribution in [3.05, 3.63) is 23.9 Å². The van der Waals surface area contributed by atoms with Crippen molar-refractivity contribution in [3.8, 4) is 5.88 Å². The number of thiol groups is 1. The van der Waals surface area contributed by atoms with E-state index in [1.807, 2.05) is 18.2 Å². The molecule has 0 bridgehead atoms. The van der Waals surface area contributed by atoms with Gasteiger partial charge in [0.05, 0.1) is 19.0 Å². The molecule has 76 valence electrons. The Bertz CT molecular complexity index is 326. The summed E-state index contributed by atoms with van der Waals surface area (Å²) >= 11 is 4.11. The number of allylic oxidation sites excluding steroid dienone is 1. The highest BCUT2D eigenvalue weighted by molar-refractivity contribution is 7.80. The highest BCUT2D eigenvalue weighted by atomic mass is 32.1. The van der Waals surface area contributed by atoms with Gasteiger partial charge in [0.1, 0.15) is 0 Å². The number of nitrogens with two attached hydrogens (primary N) is 1. The van der Waals surface area contributed by atoms with E-state index in [1.165, 1.54) is 0 Å². The van der Waals surface area contributed by atoms with Gasteiger partial charge < -0.3 is 10.5 Å². The summed E-state index contributed by atoms with van der Waals surface area (Å²) in [7, 11) is 1.59. The Morgan fingerprint density at radius 3 is 3.07 bits per heavy atom. The second-order valence-electron chi connectivity index (χ2n) is 2.78. The Hall–Kier alpha value is -1.16. The van der Waals surface area contributed by atoms with Crippen LogP contribution in [-0.2, 0) is 0 Å². The number of methoxy groups -OCH3 is 1. The first-order chi connectivity index (χ1) is 6.77. The third kappa shape index (κ3) is 2.96. The summed E-state index contributed by atoms with van der Waals surface area (Å²) in [5, 5.41) is 0. The zero-order chi connectivity index (χ0) is 10.4. The number of ether oxygens (including phenoxy) is 1. The quantitative estimate of drug-likeness (QED) is 0.747. The zero-order valence-corrected chi connectivity index (χ0v) is 9.00. The molecule has 0 saturated carbocycles. The fourth-order valence-corrected chi connectivity index (χ4v) is 1.21. The second-order valence-corrected chi connectivity index (χ2v) is 3.23. The Labute approximate surface area is 89.4 Å². The first-order valence-corrected chi connectivity index (χ1v) is 4.98. The van der Waals surface area contributed by atoms with Gasteiger partial charge in [0.25, 0.3) is 0 Å². The monoisotopic (exact) mass is 210 g/mol. The predicted octanol–water partition coefficient (Wildman–Crippen LogP) is 2.01. The van der Waals surface area contributed by atoms with Crippen LogP contribution < -0.4 is 10.5 Å². The highest BCUT2D eigenvalue weighted by Gasteiger charge is 2.00. The van der Waals surface area contributed by atoms with Crippen LogP contribution in [0.3, 0.4) is 0 Å². The van der Waals surface area contributed by atoms with Gasteiger partial charge in [-0.2, -0.15) is 12.6 Å². The summed E-state index contributed by atoms with van der Waals surface area (Å²) in [6.45, 7) is 0. The van der Waals surface area contributed by atoms with E-state index in [0.717, 1.165) is 17.7 Å². The predicted molar refractivity (Wildman–Crippen MR) is 62.7 cm³/mol. The van der Waals surface area contributed by atoms with E-state index in [1.54, 1.807) is 13.3 Å². The van der Waals surface area contributed by atoms with E-state index in [0.29, 0.717) is 11.6 Å². The summed E-state index contributed by atoms with van der Waals surface area (Å²) in [5.41, 5.74) is 7.15. The largest absolute Gasteiger partial charge is 0.481 e. The molecule has 0 unspecified atom stereocenters. The van der Waals surface area contributed by atoms with Crippen LogP contribution in [0.25, 0.3) is 6.08 Å². The van der Waals surface area contributed by atoms with Crippen molar-refractivity contribution in [1.82, 2.24) is 4.98 Å². The van der Waals surface area contributed by atoms with Crippen LogP contribution in [0.5, 0.6) is 5.88 Å². The summed E-state index contributed by atoms with van der Waals surface area (Å²) in [4.78, 5) is 4.06. The number of nitrogens with zero attached hydrogens (tertiary/aromatic N) is 1. The van der Waals surface area contributed by atoms with Gasteiger partial charge in [-0.3, -0.25) is 0 Å². The maximum Gasteiger partial charge on any atom is 0.220 e. The molecule has 0 spiro atoms. The van der Waals surface area contributed by atoms with Crippen LogP contribution in [0, 0.1) is 0 Å². The van der Waals surface area contributed by atoms with Crippen molar-refractivity contribution in [2.45, 2.75) is 6.42 Å². The first kappa shape index (κ1) is 10.9. The minimum Gasteiger partial charge on any atom is -0.481 e. The lowest BCUT2D eigenvalue weighted by Crippen LogP contribution is -1.93. The minimum atomic E-state index is 0.592. The highest BCUT2D eigenvalue weighted by Crippen LogP contribution is 2.19. The normalized spacial score (nSPS) is 10.7. The standard InChI is InChI=1S/C10H14N2OS/c1-13-10-8(4-2-3-5-14)6-9(11)7-12-10/h2,4,6-7,14H,3,5,11H2,1H3. The third-order valence-corrected chi connectivity index (χ3v) is 1.94. The van der Waals surface area contributed by atoms with Gasteiger partial charge in [-0.1, -0.05) is 12.2 Å². The van der Waals surface area contributed by atoms with Crippen LogP contribution in [0.2, 0.25) is 0 Å². The molecule has 0 aliphatic rings. The Balaban J connectivity index is 2.87. The number of hydrogen-bond acceptors (Lipinski definition) is 4. The number of nitrogen functional groups attached to an aromatic ring is 1. The minimum absolute atomic E-state index is 0.592. The van der Waals surface area contributed by atoms with Gasteiger partial charge in [-0.05, 0) is 18.2 Å².